The summed E-state index contributed by atoms with van der Waals surface area (Å²) in [6.45, 7) is 5.35. The lowest BCUT2D eigenvalue weighted by atomic mass is 10.2. The molecule has 0 heterocycles. The van der Waals surface area contributed by atoms with Gasteiger partial charge in [-0.2, -0.15) is 0 Å². The van der Waals surface area contributed by atoms with E-state index in [1.807, 2.05) is 0 Å². The highest BCUT2D eigenvalue weighted by Crippen LogP contribution is 2.19. The molecule has 0 aliphatic heterocycles. The third-order valence-corrected chi connectivity index (χ3v) is 3.76. The van der Waals surface area contributed by atoms with Gasteiger partial charge >= 0.3 is 0 Å². The van der Waals surface area contributed by atoms with Gasteiger partial charge in [-0.1, -0.05) is 24.3 Å². The van der Waals surface area contributed by atoms with Crippen LogP contribution in [0.5, 0.6) is 0 Å². The predicted octanol–water partition coefficient (Wildman–Crippen LogP) is 1.14. The zero-order chi connectivity index (χ0) is 14.5. The van der Waals surface area contributed by atoms with E-state index in [1.54, 1.807) is 37.3 Å². The number of sulfonamides is 1. The average molecular weight is 282 g/mol. The lowest BCUT2D eigenvalue weighted by Crippen LogP contribution is -2.47. The summed E-state index contributed by atoms with van der Waals surface area (Å²) in [6.07, 6.45) is 2.62. The minimum Gasteiger partial charge on any atom is -0.351 e. The van der Waals surface area contributed by atoms with Crippen molar-refractivity contribution in [3.63, 3.8) is 0 Å². The van der Waals surface area contributed by atoms with Gasteiger partial charge in [0.2, 0.25) is 15.9 Å². The molecule has 104 valence electrons. The summed E-state index contributed by atoms with van der Waals surface area (Å²) in [6, 6.07) is 7.71. The fraction of sp³-hybridized carbons (Fsp3) is 0.308. The molecule has 19 heavy (non-hydrogen) atoms. The van der Waals surface area contributed by atoms with Crippen LogP contribution in [-0.2, 0) is 14.8 Å². The van der Waals surface area contributed by atoms with Crippen molar-refractivity contribution in [2.75, 3.05) is 17.1 Å². The predicted molar refractivity (Wildman–Crippen MR) is 76.4 cm³/mol. The number of carbonyl (C=O) groups excluding carboxylic acids is 1. The Bertz CT molecular complexity index is 540. The van der Waals surface area contributed by atoms with Crippen molar-refractivity contribution in [1.29, 1.82) is 0 Å². The Labute approximate surface area is 114 Å². The van der Waals surface area contributed by atoms with Crippen molar-refractivity contribution in [1.82, 2.24) is 5.32 Å². The number of nitrogens with zero attached hydrogens (tertiary/aromatic N) is 1. The molecule has 1 aromatic carbocycles. The number of hydrogen-bond acceptors (Lipinski definition) is 3. The summed E-state index contributed by atoms with van der Waals surface area (Å²) in [5.41, 5.74) is 0.464. The van der Waals surface area contributed by atoms with Gasteiger partial charge in [-0.3, -0.25) is 9.10 Å². The number of benzene rings is 1. The maximum absolute atomic E-state index is 11.9. The maximum Gasteiger partial charge on any atom is 0.243 e. The van der Waals surface area contributed by atoms with Crippen molar-refractivity contribution >= 4 is 21.6 Å². The first-order valence-electron chi connectivity index (χ1n) is 5.81. The largest absolute Gasteiger partial charge is 0.351 e. The molecule has 0 saturated heterocycles. The molecule has 0 aromatic heterocycles. The summed E-state index contributed by atoms with van der Waals surface area (Å²) in [5.74, 6) is -0.367. The first kappa shape index (κ1) is 15.2. The average Bonchev–Trinajstić information content (AvgIpc) is 2.35. The van der Waals surface area contributed by atoms with Crippen LogP contribution in [0, 0.1) is 0 Å². The Morgan fingerprint density at radius 1 is 1.42 bits per heavy atom. The van der Waals surface area contributed by atoms with Crippen LogP contribution in [-0.4, -0.2) is 33.2 Å². The fourth-order valence-corrected chi connectivity index (χ4v) is 2.88. The van der Waals surface area contributed by atoms with Crippen molar-refractivity contribution in [2.24, 2.45) is 0 Å². The molecule has 1 amide bonds. The van der Waals surface area contributed by atoms with E-state index in [2.05, 4.69) is 11.9 Å². The second-order valence-electron chi connectivity index (χ2n) is 4.10. The lowest BCUT2D eigenvalue weighted by molar-refractivity contribution is -0.121. The van der Waals surface area contributed by atoms with Crippen LogP contribution in [0.3, 0.4) is 0 Å². The molecule has 0 radical (unpaired) electrons. The monoisotopic (exact) mass is 282 g/mol. The highest BCUT2D eigenvalue weighted by atomic mass is 32.2. The number of carbonyl (C=O) groups is 1. The molecule has 1 N–H and O–H groups in total. The molecular formula is C13H18N2O3S. The van der Waals surface area contributed by atoms with Crippen LogP contribution in [0.15, 0.2) is 43.0 Å². The Morgan fingerprint density at radius 2 is 2.00 bits per heavy atom. The van der Waals surface area contributed by atoms with Gasteiger partial charge in [0.25, 0.3) is 0 Å². The molecule has 0 aliphatic carbocycles. The zero-order valence-electron chi connectivity index (χ0n) is 11.0. The van der Waals surface area contributed by atoms with Gasteiger partial charge in [0.05, 0.1) is 11.9 Å². The quantitative estimate of drug-likeness (QED) is 0.796. The second-order valence-corrected chi connectivity index (χ2v) is 5.96. The molecule has 1 atom stereocenters. The van der Waals surface area contributed by atoms with E-state index in [1.165, 1.54) is 6.08 Å². The molecule has 1 rings (SSSR count). The smallest absolute Gasteiger partial charge is 0.243 e. The Morgan fingerprint density at radius 3 is 2.47 bits per heavy atom. The zero-order valence-corrected chi connectivity index (χ0v) is 11.9. The summed E-state index contributed by atoms with van der Waals surface area (Å²) in [5, 5.41) is 2.59. The van der Waals surface area contributed by atoms with E-state index in [9.17, 15) is 13.2 Å². The van der Waals surface area contributed by atoms with E-state index < -0.39 is 16.1 Å². The number of rotatable bonds is 6. The number of hydrogen-bond donors (Lipinski definition) is 1. The topological polar surface area (TPSA) is 66.5 Å². The van der Waals surface area contributed by atoms with Gasteiger partial charge in [-0.15, -0.1) is 6.58 Å². The summed E-state index contributed by atoms with van der Waals surface area (Å²) in [4.78, 5) is 11.9. The van der Waals surface area contributed by atoms with E-state index in [-0.39, 0.29) is 5.91 Å². The summed E-state index contributed by atoms with van der Waals surface area (Å²) < 4.78 is 24.9. The minimum absolute atomic E-state index is 0.301. The first-order valence-corrected chi connectivity index (χ1v) is 7.66. The van der Waals surface area contributed by atoms with Crippen LogP contribution < -0.4 is 9.62 Å². The van der Waals surface area contributed by atoms with E-state index in [0.29, 0.717) is 12.2 Å². The van der Waals surface area contributed by atoms with Crippen molar-refractivity contribution in [3.05, 3.63) is 43.0 Å². The molecule has 6 heteroatoms. The van der Waals surface area contributed by atoms with E-state index in [0.717, 1.165) is 10.6 Å². The standard InChI is InChI=1S/C13H18N2O3S/c1-4-10-14-13(16)11(2)15(19(3,17)18)12-8-6-5-7-9-12/h4-9,11H,1,10H2,2-3H3,(H,14,16). The van der Waals surface area contributed by atoms with Gasteiger partial charge < -0.3 is 5.32 Å². The molecule has 0 bridgehead atoms. The van der Waals surface area contributed by atoms with Gasteiger partial charge in [0.1, 0.15) is 6.04 Å². The van der Waals surface area contributed by atoms with Gasteiger partial charge in [-0.25, -0.2) is 8.42 Å². The van der Waals surface area contributed by atoms with Gasteiger partial charge in [0.15, 0.2) is 0 Å². The van der Waals surface area contributed by atoms with Gasteiger partial charge in [0, 0.05) is 6.54 Å². The fourth-order valence-electron chi connectivity index (χ4n) is 1.70. The Hall–Kier alpha value is -1.82. The van der Waals surface area contributed by atoms with Crippen LogP contribution in [0.1, 0.15) is 6.92 Å². The highest BCUT2D eigenvalue weighted by molar-refractivity contribution is 7.92. The van der Waals surface area contributed by atoms with Gasteiger partial charge in [-0.05, 0) is 19.1 Å². The third kappa shape index (κ3) is 4.10. The molecular weight excluding hydrogens is 264 g/mol. The molecule has 5 nitrogen and oxygen atoms in total. The Balaban J connectivity index is 3.06. The van der Waals surface area contributed by atoms with Crippen molar-refractivity contribution < 1.29 is 13.2 Å². The lowest BCUT2D eigenvalue weighted by Gasteiger charge is -2.28. The minimum atomic E-state index is -3.54. The normalized spacial score (nSPS) is 12.5. The number of anilines is 1. The third-order valence-electron chi connectivity index (χ3n) is 2.52. The molecule has 1 unspecified atom stereocenters. The van der Waals surface area contributed by atoms with Crippen molar-refractivity contribution in [2.45, 2.75) is 13.0 Å². The SMILES string of the molecule is C=CCNC(=O)C(C)N(c1ccccc1)S(C)(=O)=O. The van der Waals surface area contributed by atoms with Crippen LogP contribution >= 0.6 is 0 Å². The van der Waals surface area contributed by atoms with Crippen LogP contribution in [0.4, 0.5) is 5.69 Å². The van der Waals surface area contributed by atoms with Crippen LogP contribution in [0.25, 0.3) is 0 Å². The molecule has 0 aliphatic rings. The van der Waals surface area contributed by atoms with Crippen LogP contribution in [0.2, 0.25) is 0 Å². The summed E-state index contributed by atoms with van der Waals surface area (Å²) in [7, 11) is -3.54. The molecule has 0 spiro atoms. The van der Waals surface area contributed by atoms with Crippen molar-refractivity contribution in [3.8, 4) is 0 Å². The van der Waals surface area contributed by atoms with E-state index in [4.69, 9.17) is 0 Å². The molecule has 1 aromatic rings. The van der Waals surface area contributed by atoms with E-state index >= 15 is 0 Å². The molecule has 0 saturated carbocycles. The number of nitrogens with one attached hydrogen (secondary N) is 1. The summed E-state index contributed by atoms with van der Waals surface area (Å²) >= 11 is 0. The second kappa shape index (κ2) is 6.38. The maximum atomic E-state index is 11.9. The number of amides is 1. The highest BCUT2D eigenvalue weighted by Gasteiger charge is 2.28. The first-order chi connectivity index (χ1) is 8.88. The Kier molecular flexibility index (Phi) is 5.11. The number of para-hydroxylation sites is 1. The molecule has 0 fully saturated rings.